The summed E-state index contributed by atoms with van der Waals surface area (Å²) in [7, 11) is 0. The highest BCUT2D eigenvalue weighted by Gasteiger charge is 2.38. The van der Waals surface area contributed by atoms with Crippen LogP contribution >= 0.6 is 0 Å². The Morgan fingerprint density at radius 3 is 2.48 bits per heavy atom. The second kappa shape index (κ2) is 5.27. The van der Waals surface area contributed by atoms with Crippen LogP contribution in [0.1, 0.15) is 36.0 Å². The summed E-state index contributed by atoms with van der Waals surface area (Å²) in [5, 5.41) is 32.0. The molecule has 1 aromatic rings. The third-order valence-corrected chi connectivity index (χ3v) is 4.56. The van der Waals surface area contributed by atoms with E-state index < -0.39 is 23.2 Å². The number of carbonyl (C=O) groups is 1. The number of hydrogen-bond acceptors (Lipinski definition) is 5. The molecule has 0 unspecified atom stereocenters. The van der Waals surface area contributed by atoms with Crippen molar-refractivity contribution in [3.05, 3.63) is 17.7 Å². The first kappa shape index (κ1) is 13.7. The first-order valence-electron chi connectivity index (χ1n) is 7.13. The third kappa shape index (κ3) is 2.66. The van der Waals surface area contributed by atoms with Crippen molar-refractivity contribution >= 4 is 12.1 Å². The van der Waals surface area contributed by atoms with Gasteiger partial charge in [0.1, 0.15) is 0 Å². The van der Waals surface area contributed by atoms with Crippen LogP contribution in [0, 0.1) is 17.8 Å². The third-order valence-electron chi connectivity index (χ3n) is 4.56. The molecule has 0 spiro atoms. The molecule has 2 fully saturated rings. The average Bonchev–Trinajstić information content (AvgIpc) is 3.06. The van der Waals surface area contributed by atoms with Crippen LogP contribution in [-0.4, -0.2) is 27.4 Å². The van der Waals surface area contributed by atoms with Crippen molar-refractivity contribution in [2.75, 3.05) is 0 Å². The molecule has 6 heteroatoms. The lowest BCUT2D eigenvalue weighted by molar-refractivity contribution is 0.0954. The summed E-state index contributed by atoms with van der Waals surface area (Å²) in [5.74, 6) is -0.331. The van der Waals surface area contributed by atoms with Crippen molar-refractivity contribution in [2.24, 2.45) is 22.9 Å². The van der Waals surface area contributed by atoms with Gasteiger partial charge in [0.15, 0.2) is 17.2 Å². The van der Waals surface area contributed by atoms with Gasteiger partial charge in [-0.2, -0.15) is 5.10 Å². The molecule has 2 saturated carbocycles. The minimum atomic E-state index is -0.642. The van der Waals surface area contributed by atoms with E-state index in [9.17, 15) is 20.1 Å². The number of fused-ring (bicyclic) bond motifs is 2. The van der Waals surface area contributed by atoms with Gasteiger partial charge in [-0.25, -0.2) is 5.43 Å². The van der Waals surface area contributed by atoms with Crippen LogP contribution in [0.15, 0.2) is 17.2 Å². The first-order chi connectivity index (χ1) is 10.0. The summed E-state index contributed by atoms with van der Waals surface area (Å²) < 4.78 is 0. The Balaban J connectivity index is 1.61. The Morgan fingerprint density at radius 1 is 1.19 bits per heavy atom. The van der Waals surface area contributed by atoms with Gasteiger partial charge in [0.2, 0.25) is 0 Å². The SMILES string of the molecule is O=C(N/N=C\[C@H]1C[C@@H]2CC[C@@H]1C2)c1cc(O)c(O)c(O)c1. The van der Waals surface area contributed by atoms with E-state index in [0.29, 0.717) is 11.8 Å². The van der Waals surface area contributed by atoms with Gasteiger partial charge in [-0.15, -0.1) is 0 Å². The zero-order valence-electron chi connectivity index (χ0n) is 11.5. The number of aromatic hydroxyl groups is 3. The van der Waals surface area contributed by atoms with Crippen LogP contribution < -0.4 is 5.43 Å². The molecule has 0 aromatic heterocycles. The number of rotatable bonds is 3. The van der Waals surface area contributed by atoms with Crippen LogP contribution in [0.4, 0.5) is 0 Å². The molecule has 0 aliphatic heterocycles. The second-order valence-corrected chi connectivity index (χ2v) is 5.92. The maximum atomic E-state index is 11.9. The van der Waals surface area contributed by atoms with Crippen LogP contribution in [0.25, 0.3) is 0 Å². The lowest BCUT2D eigenvalue weighted by atomic mass is 9.90. The number of benzene rings is 1. The molecule has 0 heterocycles. The molecule has 4 N–H and O–H groups in total. The molecule has 2 bridgehead atoms. The monoisotopic (exact) mass is 290 g/mol. The van der Waals surface area contributed by atoms with Crippen LogP contribution in [0.3, 0.4) is 0 Å². The molecule has 6 nitrogen and oxygen atoms in total. The fourth-order valence-corrected chi connectivity index (χ4v) is 3.47. The predicted molar refractivity (Wildman–Crippen MR) is 76.3 cm³/mol. The Labute approximate surface area is 122 Å². The number of phenolic OH excluding ortho intramolecular Hbond substituents is 3. The number of nitrogens with zero attached hydrogens (tertiary/aromatic N) is 1. The van der Waals surface area contributed by atoms with Gasteiger partial charge in [0.25, 0.3) is 5.91 Å². The highest BCUT2D eigenvalue weighted by Crippen LogP contribution is 2.47. The van der Waals surface area contributed by atoms with Gasteiger partial charge in [0.05, 0.1) is 0 Å². The standard InChI is InChI=1S/C15H18N2O4/c18-12-5-10(6-13(19)14(12)20)15(21)17-16-7-11-4-8-1-2-9(11)3-8/h5-9,11,18-20H,1-4H2,(H,17,21)/b16-7-/t8-,9-,11-/m1/s1. The molecule has 2 aliphatic rings. The van der Waals surface area contributed by atoms with E-state index in [1.54, 1.807) is 6.21 Å². The zero-order chi connectivity index (χ0) is 15.0. The van der Waals surface area contributed by atoms with Crippen molar-refractivity contribution < 1.29 is 20.1 Å². The maximum Gasteiger partial charge on any atom is 0.271 e. The van der Waals surface area contributed by atoms with Crippen molar-refractivity contribution in [1.29, 1.82) is 0 Å². The van der Waals surface area contributed by atoms with Gasteiger partial charge in [-0.05, 0) is 49.1 Å². The molecule has 1 aromatic carbocycles. The molecule has 112 valence electrons. The van der Waals surface area contributed by atoms with E-state index >= 15 is 0 Å². The smallest absolute Gasteiger partial charge is 0.271 e. The summed E-state index contributed by atoms with van der Waals surface area (Å²) in [4.78, 5) is 11.9. The fourth-order valence-electron chi connectivity index (χ4n) is 3.47. The Hall–Kier alpha value is -2.24. The van der Waals surface area contributed by atoms with Gasteiger partial charge < -0.3 is 15.3 Å². The largest absolute Gasteiger partial charge is 0.504 e. The lowest BCUT2D eigenvalue weighted by Crippen LogP contribution is -2.20. The summed E-state index contributed by atoms with van der Waals surface area (Å²) in [6, 6.07) is 2.16. The summed E-state index contributed by atoms with van der Waals surface area (Å²) >= 11 is 0. The van der Waals surface area contributed by atoms with Crippen LogP contribution in [0.2, 0.25) is 0 Å². The van der Waals surface area contributed by atoms with Gasteiger partial charge >= 0.3 is 0 Å². The number of amides is 1. The van der Waals surface area contributed by atoms with E-state index in [-0.39, 0.29) is 5.56 Å². The van der Waals surface area contributed by atoms with E-state index in [0.717, 1.165) is 24.5 Å². The topological polar surface area (TPSA) is 102 Å². The van der Waals surface area contributed by atoms with Crippen LogP contribution in [0.5, 0.6) is 17.2 Å². The van der Waals surface area contributed by atoms with E-state index in [2.05, 4.69) is 10.5 Å². The summed E-state index contributed by atoms with van der Waals surface area (Å²) in [6.45, 7) is 0. The quantitative estimate of drug-likeness (QED) is 0.388. The van der Waals surface area contributed by atoms with E-state index in [4.69, 9.17) is 0 Å². The highest BCUT2D eigenvalue weighted by atomic mass is 16.3. The lowest BCUT2D eigenvalue weighted by Gasteiger charge is -2.16. The van der Waals surface area contributed by atoms with Crippen molar-refractivity contribution in [1.82, 2.24) is 5.43 Å². The number of hydrogen-bond donors (Lipinski definition) is 4. The normalized spacial score (nSPS) is 27.3. The fraction of sp³-hybridized carbons (Fsp3) is 0.467. The summed E-state index contributed by atoms with van der Waals surface area (Å²) in [5.41, 5.74) is 2.42. The summed E-state index contributed by atoms with van der Waals surface area (Å²) in [6.07, 6.45) is 6.76. The molecule has 0 radical (unpaired) electrons. The molecule has 1 amide bonds. The molecule has 3 atom stereocenters. The molecule has 3 rings (SSSR count). The Bertz CT molecular complexity index is 576. The minimum Gasteiger partial charge on any atom is -0.504 e. The van der Waals surface area contributed by atoms with Gasteiger partial charge in [0, 0.05) is 11.8 Å². The molecule has 21 heavy (non-hydrogen) atoms. The maximum absolute atomic E-state index is 11.9. The van der Waals surface area contributed by atoms with Crippen molar-refractivity contribution in [2.45, 2.75) is 25.7 Å². The van der Waals surface area contributed by atoms with Crippen molar-refractivity contribution in [3.8, 4) is 17.2 Å². The molecule has 0 saturated heterocycles. The Kier molecular flexibility index (Phi) is 3.45. The number of phenols is 3. The number of nitrogens with one attached hydrogen (secondary N) is 1. The minimum absolute atomic E-state index is 0.0351. The number of hydrazone groups is 1. The van der Waals surface area contributed by atoms with Crippen molar-refractivity contribution in [3.63, 3.8) is 0 Å². The Morgan fingerprint density at radius 2 is 1.90 bits per heavy atom. The molecular formula is C15H18N2O4. The van der Waals surface area contributed by atoms with E-state index in [1.165, 1.54) is 19.3 Å². The zero-order valence-corrected chi connectivity index (χ0v) is 11.5. The van der Waals surface area contributed by atoms with Crippen LogP contribution in [-0.2, 0) is 0 Å². The predicted octanol–water partition coefficient (Wildman–Crippen LogP) is 1.96. The van der Waals surface area contributed by atoms with E-state index in [1.807, 2.05) is 0 Å². The van der Waals surface area contributed by atoms with Gasteiger partial charge in [-0.3, -0.25) is 4.79 Å². The number of carbonyl (C=O) groups excluding carboxylic acids is 1. The molecule has 2 aliphatic carbocycles. The molecular weight excluding hydrogens is 272 g/mol. The van der Waals surface area contributed by atoms with Gasteiger partial charge in [-0.1, -0.05) is 6.42 Å². The highest BCUT2D eigenvalue weighted by molar-refractivity contribution is 5.95. The average molecular weight is 290 g/mol. The first-order valence-corrected chi connectivity index (χ1v) is 7.13. The second-order valence-electron chi connectivity index (χ2n) is 5.92.